The molecular formula is C25H28N6O. The number of pyridine rings is 1. The van der Waals surface area contributed by atoms with E-state index >= 15 is 0 Å². The van der Waals surface area contributed by atoms with Crippen molar-refractivity contribution in [2.24, 2.45) is 0 Å². The Hall–Kier alpha value is -3.58. The molecule has 3 heterocycles. The maximum atomic E-state index is 11.7. The maximum Gasteiger partial charge on any atom is 0.239 e. The highest BCUT2D eigenvalue weighted by Gasteiger charge is 2.18. The van der Waals surface area contributed by atoms with Crippen LogP contribution in [0, 0.1) is 13.8 Å². The number of rotatable bonds is 6. The zero-order valence-corrected chi connectivity index (χ0v) is 19.1. The number of fused-ring (bicyclic) bond motifs is 1. The molecule has 4 rings (SSSR count). The molecule has 4 aromatic rings. The lowest BCUT2D eigenvalue weighted by Crippen LogP contribution is -2.25. The Balaban J connectivity index is 1.74. The summed E-state index contributed by atoms with van der Waals surface area (Å²) >= 11 is 0. The molecule has 1 amide bonds. The molecule has 0 saturated carbocycles. The topological polar surface area (TPSA) is 95.6 Å². The molecule has 3 aromatic heterocycles. The molecule has 0 atom stereocenters. The molecule has 32 heavy (non-hydrogen) atoms. The zero-order valence-electron chi connectivity index (χ0n) is 19.1. The Kier molecular flexibility index (Phi) is 6.01. The molecule has 0 saturated heterocycles. The second kappa shape index (κ2) is 8.88. The summed E-state index contributed by atoms with van der Waals surface area (Å²) in [6.07, 6.45) is 3.27. The Bertz CT molecular complexity index is 1250. The first-order chi connectivity index (χ1) is 15.4. The van der Waals surface area contributed by atoms with Gasteiger partial charge in [0.1, 0.15) is 0 Å². The fourth-order valence-electron chi connectivity index (χ4n) is 4.07. The second-order valence-corrected chi connectivity index (χ2v) is 8.33. The number of nitrogens with one attached hydrogen (secondary N) is 3. The number of likely N-dealkylation sites (N-methyl/N-ethyl adjacent to an activating group) is 1. The van der Waals surface area contributed by atoms with Gasteiger partial charge in [-0.25, -0.2) is 4.98 Å². The minimum Gasteiger partial charge on any atom is -0.354 e. The number of aromatic amines is 1. The van der Waals surface area contributed by atoms with Crippen molar-refractivity contribution in [2.75, 3.05) is 18.9 Å². The third-order valence-electron chi connectivity index (χ3n) is 5.34. The van der Waals surface area contributed by atoms with Crippen molar-refractivity contribution in [2.45, 2.75) is 33.6 Å². The molecule has 3 N–H and O–H groups in total. The van der Waals surface area contributed by atoms with Crippen LogP contribution in [0.3, 0.4) is 0 Å². The number of hydrogen-bond donors (Lipinski definition) is 3. The minimum atomic E-state index is -0.154. The van der Waals surface area contributed by atoms with Crippen LogP contribution >= 0.6 is 0 Å². The highest BCUT2D eigenvalue weighted by atomic mass is 16.1. The number of anilines is 1. The molecule has 0 aliphatic rings. The molecule has 0 spiro atoms. The SMILES string of the molecule is CNCC(=O)Nc1cnc(-c2ccc3[nH]c(-c4cc(C)nc(C)c4)c(C(C)C)c3c2)cn1. The summed E-state index contributed by atoms with van der Waals surface area (Å²) in [5, 5.41) is 6.70. The molecule has 7 nitrogen and oxygen atoms in total. The van der Waals surface area contributed by atoms with Crippen molar-refractivity contribution in [3.8, 4) is 22.5 Å². The van der Waals surface area contributed by atoms with Crippen LogP contribution in [-0.4, -0.2) is 39.4 Å². The van der Waals surface area contributed by atoms with E-state index in [4.69, 9.17) is 0 Å². The quantitative estimate of drug-likeness (QED) is 0.418. The molecule has 164 valence electrons. The summed E-state index contributed by atoms with van der Waals surface area (Å²) in [6, 6.07) is 10.5. The van der Waals surface area contributed by atoms with Crippen LogP contribution in [0.2, 0.25) is 0 Å². The number of carbonyl (C=O) groups excluding carboxylic acids is 1. The average molecular weight is 429 g/mol. The third-order valence-corrected chi connectivity index (χ3v) is 5.34. The van der Waals surface area contributed by atoms with Gasteiger partial charge in [-0.05, 0) is 56.6 Å². The van der Waals surface area contributed by atoms with Crippen molar-refractivity contribution < 1.29 is 4.79 Å². The Morgan fingerprint density at radius 1 is 1.03 bits per heavy atom. The Labute approximate surface area is 187 Å². The van der Waals surface area contributed by atoms with Crippen LogP contribution in [0.4, 0.5) is 5.82 Å². The lowest BCUT2D eigenvalue weighted by molar-refractivity contribution is -0.115. The van der Waals surface area contributed by atoms with E-state index in [0.717, 1.165) is 39.4 Å². The van der Waals surface area contributed by atoms with Gasteiger partial charge in [-0.2, -0.15) is 0 Å². The van der Waals surface area contributed by atoms with E-state index in [1.165, 1.54) is 10.9 Å². The number of H-pyrrole nitrogens is 1. The monoisotopic (exact) mass is 428 g/mol. The minimum absolute atomic E-state index is 0.154. The lowest BCUT2D eigenvalue weighted by atomic mass is 9.95. The number of aryl methyl sites for hydroxylation is 2. The fourth-order valence-corrected chi connectivity index (χ4v) is 4.07. The fraction of sp³-hybridized carbons (Fsp3) is 0.280. The van der Waals surface area contributed by atoms with Gasteiger partial charge in [-0.3, -0.25) is 14.8 Å². The number of aromatic nitrogens is 4. The molecule has 0 unspecified atom stereocenters. The summed E-state index contributed by atoms with van der Waals surface area (Å²) < 4.78 is 0. The van der Waals surface area contributed by atoms with Gasteiger partial charge in [0.2, 0.25) is 5.91 Å². The van der Waals surface area contributed by atoms with Gasteiger partial charge in [0.05, 0.1) is 30.3 Å². The second-order valence-electron chi connectivity index (χ2n) is 8.33. The van der Waals surface area contributed by atoms with E-state index in [2.05, 4.69) is 68.7 Å². The van der Waals surface area contributed by atoms with E-state index in [-0.39, 0.29) is 12.5 Å². The maximum absolute atomic E-state index is 11.7. The highest BCUT2D eigenvalue weighted by Crippen LogP contribution is 2.37. The molecule has 0 bridgehead atoms. The molecule has 7 heteroatoms. The van der Waals surface area contributed by atoms with E-state index < -0.39 is 0 Å². The van der Waals surface area contributed by atoms with E-state index in [0.29, 0.717) is 11.7 Å². The van der Waals surface area contributed by atoms with Gasteiger partial charge in [-0.1, -0.05) is 19.9 Å². The van der Waals surface area contributed by atoms with Crippen LogP contribution < -0.4 is 10.6 Å². The van der Waals surface area contributed by atoms with Gasteiger partial charge in [-0.15, -0.1) is 0 Å². The summed E-state index contributed by atoms with van der Waals surface area (Å²) in [4.78, 5) is 28.7. The molecule has 0 aliphatic heterocycles. The van der Waals surface area contributed by atoms with Crippen molar-refractivity contribution in [1.29, 1.82) is 0 Å². The standard InChI is InChI=1S/C25H28N6O/c1-14(2)24-19-10-17(21-11-28-22(12-27-21)31-23(32)13-26-5)6-7-20(19)30-25(24)18-8-15(3)29-16(4)9-18/h6-12,14,26,30H,13H2,1-5H3,(H,28,31,32). The summed E-state index contributed by atoms with van der Waals surface area (Å²) in [6.45, 7) is 8.69. The zero-order chi connectivity index (χ0) is 22.8. The predicted molar refractivity (Wildman–Crippen MR) is 129 cm³/mol. The van der Waals surface area contributed by atoms with Crippen molar-refractivity contribution in [3.63, 3.8) is 0 Å². The summed E-state index contributed by atoms with van der Waals surface area (Å²) in [7, 11) is 1.72. The van der Waals surface area contributed by atoms with Gasteiger partial charge in [0.25, 0.3) is 0 Å². The van der Waals surface area contributed by atoms with Crippen molar-refractivity contribution in [1.82, 2.24) is 25.3 Å². The molecule has 0 fully saturated rings. The van der Waals surface area contributed by atoms with Gasteiger partial charge < -0.3 is 15.6 Å². The van der Waals surface area contributed by atoms with Crippen molar-refractivity contribution in [3.05, 3.63) is 59.7 Å². The largest absolute Gasteiger partial charge is 0.354 e. The number of hydrogen-bond acceptors (Lipinski definition) is 5. The molecular weight excluding hydrogens is 400 g/mol. The van der Waals surface area contributed by atoms with Crippen LogP contribution in [0.15, 0.2) is 42.7 Å². The smallest absolute Gasteiger partial charge is 0.239 e. The Morgan fingerprint density at radius 2 is 1.78 bits per heavy atom. The van der Waals surface area contributed by atoms with Gasteiger partial charge in [0, 0.05) is 33.4 Å². The number of carbonyl (C=O) groups is 1. The number of nitrogens with zero attached hydrogens (tertiary/aromatic N) is 3. The van der Waals surface area contributed by atoms with Crippen LogP contribution in [0.1, 0.15) is 36.7 Å². The average Bonchev–Trinajstić information content (AvgIpc) is 3.13. The van der Waals surface area contributed by atoms with E-state index in [9.17, 15) is 4.79 Å². The van der Waals surface area contributed by atoms with Crippen molar-refractivity contribution >= 4 is 22.6 Å². The number of benzene rings is 1. The lowest BCUT2D eigenvalue weighted by Gasteiger charge is -2.10. The van der Waals surface area contributed by atoms with E-state index in [1.54, 1.807) is 19.4 Å². The number of amides is 1. The first-order valence-electron chi connectivity index (χ1n) is 10.7. The normalized spacial score (nSPS) is 11.3. The van der Waals surface area contributed by atoms with Gasteiger partial charge >= 0.3 is 0 Å². The highest BCUT2D eigenvalue weighted by molar-refractivity contribution is 5.94. The third kappa shape index (κ3) is 4.38. The van der Waals surface area contributed by atoms with Crippen LogP contribution in [0.5, 0.6) is 0 Å². The first-order valence-corrected chi connectivity index (χ1v) is 10.7. The van der Waals surface area contributed by atoms with E-state index in [1.807, 2.05) is 19.9 Å². The first kappa shape index (κ1) is 21.6. The Morgan fingerprint density at radius 3 is 2.41 bits per heavy atom. The molecule has 0 radical (unpaired) electrons. The van der Waals surface area contributed by atoms with Crippen LogP contribution in [-0.2, 0) is 4.79 Å². The summed E-state index contributed by atoms with van der Waals surface area (Å²) in [5.41, 5.74) is 8.39. The summed E-state index contributed by atoms with van der Waals surface area (Å²) in [5.74, 6) is 0.614. The molecule has 0 aliphatic carbocycles. The molecule has 1 aromatic carbocycles. The van der Waals surface area contributed by atoms with Gasteiger partial charge in [0.15, 0.2) is 5.82 Å². The van der Waals surface area contributed by atoms with Crippen LogP contribution in [0.25, 0.3) is 33.4 Å². The predicted octanol–water partition coefficient (Wildman–Crippen LogP) is 4.59.